The maximum atomic E-state index is 9.73. The van der Waals surface area contributed by atoms with Crippen LogP contribution in [0.25, 0.3) is 5.69 Å². The second-order valence-corrected chi connectivity index (χ2v) is 5.36. The normalized spacial score (nSPS) is 10.6. The van der Waals surface area contributed by atoms with Gasteiger partial charge in [-0.25, -0.2) is 4.68 Å². The predicted molar refractivity (Wildman–Crippen MR) is 81.2 cm³/mol. The third-order valence-electron chi connectivity index (χ3n) is 2.91. The number of thioether (sulfide) groups is 1. The number of hydrogen-bond donors (Lipinski definition) is 1. The summed E-state index contributed by atoms with van der Waals surface area (Å²) in [6.45, 7) is 0. The van der Waals surface area contributed by atoms with Crippen LogP contribution in [-0.2, 0) is 5.75 Å². The highest BCUT2D eigenvalue weighted by atomic mass is 32.2. The van der Waals surface area contributed by atoms with Gasteiger partial charge in [-0.05, 0) is 30.3 Å². The Morgan fingerprint density at radius 1 is 0.950 bits per heavy atom. The van der Waals surface area contributed by atoms with Crippen LogP contribution >= 0.6 is 11.8 Å². The summed E-state index contributed by atoms with van der Waals surface area (Å²) in [7, 11) is 0. The molecule has 3 rings (SSSR count). The molecule has 0 bridgehead atoms. The minimum absolute atomic E-state index is 0.319. The van der Waals surface area contributed by atoms with E-state index in [-0.39, 0.29) is 0 Å². The average Bonchev–Trinajstić information content (AvgIpc) is 2.96. The molecule has 0 spiro atoms. The first-order chi connectivity index (χ1) is 9.83. The van der Waals surface area contributed by atoms with E-state index in [1.807, 2.05) is 65.5 Å². The smallest absolute Gasteiger partial charge is 0.129 e. The summed E-state index contributed by atoms with van der Waals surface area (Å²) in [4.78, 5) is 0.877. The number of aromatic hydroxyl groups is 1. The Kier molecular flexibility index (Phi) is 3.74. The van der Waals surface area contributed by atoms with Gasteiger partial charge in [0.25, 0.3) is 0 Å². The predicted octanol–water partition coefficient (Wildman–Crippen LogP) is 3.87. The topological polar surface area (TPSA) is 38.0 Å². The molecule has 4 heteroatoms. The van der Waals surface area contributed by atoms with Crippen molar-refractivity contribution in [2.45, 2.75) is 10.6 Å². The van der Waals surface area contributed by atoms with Crippen LogP contribution in [0.5, 0.6) is 5.75 Å². The van der Waals surface area contributed by atoms with E-state index in [0.717, 1.165) is 22.0 Å². The van der Waals surface area contributed by atoms with Crippen LogP contribution < -0.4 is 0 Å². The zero-order chi connectivity index (χ0) is 13.8. The van der Waals surface area contributed by atoms with Crippen molar-refractivity contribution in [2.75, 3.05) is 0 Å². The van der Waals surface area contributed by atoms with Crippen molar-refractivity contribution in [2.24, 2.45) is 0 Å². The molecule has 3 aromatic rings. The molecule has 0 unspecified atom stereocenters. The van der Waals surface area contributed by atoms with Crippen molar-refractivity contribution in [3.8, 4) is 11.4 Å². The van der Waals surface area contributed by atoms with Gasteiger partial charge in [-0.3, -0.25) is 0 Å². The Hall–Kier alpha value is -2.20. The van der Waals surface area contributed by atoms with Crippen LogP contribution in [0.4, 0.5) is 0 Å². The lowest BCUT2D eigenvalue weighted by molar-refractivity contribution is 0.462. The van der Waals surface area contributed by atoms with E-state index in [1.165, 1.54) is 0 Å². The maximum absolute atomic E-state index is 9.73. The van der Waals surface area contributed by atoms with Gasteiger partial charge in [-0.15, -0.1) is 11.8 Å². The zero-order valence-electron chi connectivity index (χ0n) is 10.8. The highest BCUT2D eigenvalue weighted by Gasteiger charge is 2.04. The summed E-state index contributed by atoms with van der Waals surface area (Å²) in [5, 5.41) is 14.3. The number of phenolic OH excluding ortho intramolecular Hbond substituents is 1. The van der Waals surface area contributed by atoms with E-state index in [2.05, 4.69) is 5.10 Å². The highest BCUT2D eigenvalue weighted by Crippen LogP contribution is 2.29. The third kappa shape index (κ3) is 2.86. The summed E-state index contributed by atoms with van der Waals surface area (Å²) in [5.74, 6) is 1.05. The SMILES string of the molecule is Oc1ccccc1SCc1ccn(-c2ccccc2)n1. The number of para-hydroxylation sites is 2. The average molecular weight is 282 g/mol. The number of rotatable bonds is 4. The fourth-order valence-corrected chi connectivity index (χ4v) is 2.74. The number of nitrogens with zero attached hydrogens (tertiary/aromatic N) is 2. The summed E-state index contributed by atoms with van der Waals surface area (Å²) in [6.07, 6.45) is 1.95. The highest BCUT2D eigenvalue weighted by molar-refractivity contribution is 7.98. The number of phenols is 1. The van der Waals surface area contributed by atoms with Crippen molar-refractivity contribution in [1.29, 1.82) is 0 Å². The number of hydrogen-bond acceptors (Lipinski definition) is 3. The van der Waals surface area contributed by atoms with Crippen molar-refractivity contribution < 1.29 is 5.11 Å². The molecule has 0 atom stereocenters. The van der Waals surface area contributed by atoms with E-state index < -0.39 is 0 Å². The first-order valence-electron chi connectivity index (χ1n) is 6.34. The largest absolute Gasteiger partial charge is 0.507 e. The third-order valence-corrected chi connectivity index (χ3v) is 4.00. The van der Waals surface area contributed by atoms with Gasteiger partial charge >= 0.3 is 0 Å². The minimum atomic E-state index is 0.319. The second kappa shape index (κ2) is 5.84. The standard InChI is InChI=1S/C16H14N2OS/c19-15-8-4-5-9-16(15)20-12-13-10-11-18(17-13)14-6-2-1-3-7-14/h1-11,19H,12H2. The van der Waals surface area contributed by atoms with Gasteiger partial charge in [0.15, 0.2) is 0 Å². The van der Waals surface area contributed by atoms with Crippen LogP contribution in [-0.4, -0.2) is 14.9 Å². The molecule has 0 saturated carbocycles. The molecule has 0 fully saturated rings. The molecular weight excluding hydrogens is 268 g/mol. The summed E-state index contributed by atoms with van der Waals surface area (Å²) < 4.78 is 1.86. The monoisotopic (exact) mass is 282 g/mol. The lowest BCUT2D eigenvalue weighted by Crippen LogP contribution is -1.94. The van der Waals surface area contributed by atoms with Gasteiger partial charge < -0.3 is 5.11 Å². The van der Waals surface area contributed by atoms with E-state index in [4.69, 9.17) is 0 Å². The molecule has 0 amide bonds. The van der Waals surface area contributed by atoms with Gasteiger partial charge in [0.2, 0.25) is 0 Å². The Balaban J connectivity index is 1.71. The van der Waals surface area contributed by atoms with Crippen molar-refractivity contribution in [3.05, 3.63) is 72.6 Å². The molecule has 2 aromatic carbocycles. The molecule has 0 saturated heterocycles. The molecule has 100 valence electrons. The summed E-state index contributed by atoms with van der Waals surface area (Å²) >= 11 is 1.58. The Morgan fingerprint density at radius 3 is 2.50 bits per heavy atom. The van der Waals surface area contributed by atoms with Crippen LogP contribution in [0.3, 0.4) is 0 Å². The van der Waals surface area contributed by atoms with Crippen LogP contribution in [0, 0.1) is 0 Å². The molecule has 1 aromatic heterocycles. The molecular formula is C16H14N2OS. The Morgan fingerprint density at radius 2 is 1.70 bits per heavy atom. The minimum Gasteiger partial charge on any atom is -0.507 e. The molecule has 20 heavy (non-hydrogen) atoms. The zero-order valence-corrected chi connectivity index (χ0v) is 11.6. The van der Waals surface area contributed by atoms with E-state index in [0.29, 0.717) is 5.75 Å². The lowest BCUT2D eigenvalue weighted by atomic mass is 10.3. The number of aromatic nitrogens is 2. The second-order valence-electron chi connectivity index (χ2n) is 4.34. The fraction of sp³-hybridized carbons (Fsp3) is 0.0625. The summed E-state index contributed by atoms with van der Waals surface area (Å²) in [5.41, 5.74) is 2.04. The van der Waals surface area contributed by atoms with Crippen LogP contribution in [0.15, 0.2) is 71.8 Å². The molecule has 0 aliphatic rings. The van der Waals surface area contributed by atoms with Crippen LogP contribution in [0.1, 0.15) is 5.69 Å². The van der Waals surface area contributed by atoms with Gasteiger partial charge in [-0.1, -0.05) is 30.3 Å². The lowest BCUT2D eigenvalue weighted by Gasteiger charge is -2.02. The van der Waals surface area contributed by atoms with Gasteiger partial charge in [-0.2, -0.15) is 5.10 Å². The van der Waals surface area contributed by atoms with Gasteiger partial charge in [0.05, 0.1) is 11.4 Å². The van der Waals surface area contributed by atoms with Gasteiger partial charge in [0, 0.05) is 16.8 Å². The van der Waals surface area contributed by atoms with E-state index >= 15 is 0 Å². The van der Waals surface area contributed by atoms with Gasteiger partial charge in [0.1, 0.15) is 5.75 Å². The molecule has 0 radical (unpaired) electrons. The summed E-state index contributed by atoms with van der Waals surface area (Å²) in [6, 6.07) is 19.4. The number of benzene rings is 2. The van der Waals surface area contributed by atoms with Crippen molar-refractivity contribution >= 4 is 11.8 Å². The quantitative estimate of drug-likeness (QED) is 0.738. The first kappa shape index (κ1) is 12.8. The molecule has 0 aliphatic carbocycles. The molecule has 1 N–H and O–H groups in total. The molecule has 3 nitrogen and oxygen atoms in total. The molecule has 0 aliphatic heterocycles. The first-order valence-corrected chi connectivity index (χ1v) is 7.32. The van der Waals surface area contributed by atoms with E-state index in [9.17, 15) is 5.11 Å². The molecule has 1 heterocycles. The van der Waals surface area contributed by atoms with E-state index in [1.54, 1.807) is 17.8 Å². The van der Waals surface area contributed by atoms with Crippen molar-refractivity contribution in [1.82, 2.24) is 9.78 Å². The Bertz CT molecular complexity index is 694. The Labute approximate surface area is 121 Å². The fourth-order valence-electron chi connectivity index (χ4n) is 1.89. The maximum Gasteiger partial charge on any atom is 0.129 e. The van der Waals surface area contributed by atoms with Crippen molar-refractivity contribution in [3.63, 3.8) is 0 Å². The van der Waals surface area contributed by atoms with Crippen LogP contribution in [0.2, 0.25) is 0 Å².